The van der Waals surface area contributed by atoms with E-state index in [1.807, 2.05) is 13.0 Å². The Kier molecular flexibility index (Phi) is 3.69. The number of hydrogen-bond acceptors (Lipinski definition) is 4. The molecule has 0 amide bonds. The van der Waals surface area contributed by atoms with Crippen LogP contribution in [0.4, 0.5) is 19.1 Å². The van der Waals surface area contributed by atoms with Gasteiger partial charge in [0.1, 0.15) is 17.2 Å². The second-order valence-electron chi connectivity index (χ2n) is 4.50. The number of alkyl halides is 3. The van der Waals surface area contributed by atoms with Crippen molar-refractivity contribution in [2.75, 3.05) is 5.32 Å². The Morgan fingerprint density at radius 3 is 2.55 bits per heavy atom. The summed E-state index contributed by atoms with van der Waals surface area (Å²) in [5.41, 5.74) is -0.106. The Balaban J connectivity index is 2.20. The second-order valence-corrected chi connectivity index (χ2v) is 4.50. The van der Waals surface area contributed by atoms with Crippen LogP contribution in [0.25, 0.3) is 0 Å². The van der Waals surface area contributed by atoms with Crippen molar-refractivity contribution < 1.29 is 17.6 Å². The largest absolute Gasteiger partial charge is 0.466 e. The average molecular weight is 285 g/mol. The van der Waals surface area contributed by atoms with Gasteiger partial charge in [-0.2, -0.15) is 13.2 Å². The maximum atomic E-state index is 12.6. The molecule has 0 aliphatic heterocycles. The predicted octanol–water partition coefficient (Wildman–Crippen LogP) is 3.88. The van der Waals surface area contributed by atoms with Crippen LogP contribution in [-0.2, 0) is 6.18 Å². The number of nitrogens with zero attached hydrogens (tertiary/aromatic N) is 2. The third-order valence-corrected chi connectivity index (χ3v) is 2.84. The maximum Gasteiger partial charge on any atom is 0.433 e. The first kappa shape index (κ1) is 14.4. The van der Waals surface area contributed by atoms with Gasteiger partial charge in [0, 0.05) is 11.8 Å². The molecule has 1 N–H and O–H groups in total. The van der Waals surface area contributed by atoms with Crippen LogP contribution in [-0.4, -0.2) is 9.97 Å². The minimum atomic E-state index is -4.48. The van der Waals surface area contributed by atoms with E-state index in [2.05, 4.69) is 15.3 Å². The molecule has 0 spiro atoms. The van der Waals surface area contributed by atoms with Gasteiger partial charge < -0.3 is 9.73 Å². The topological polar surface area (TPSA) is 51.0 Å². The van der Waals surface area contributed by atoms with Gasteiger partial charge in [0.05, 0.1) is 6.04 Å². The Bertz CT molecular complexity index is 607. The molecule has 2 rings (SSSR count). The van der Waals surface area contributed by atoms with E-state index in [0.717, 1.165) is 29.3 Å². The normalized spacial score (nSPS) is 13.3. The molecule has 0 aliphatic carbocycles. The summed E-state index contributed by atoms with van der Waals surface area (Å²) < 4.78 is 43.1. The van der Waals surface area contributed by atoms with Crippen molar-refractivity contribution in [2.45, 2.75) is 33.0 Å². The third kappa shape index (κ3) is 3.09. The maximum absolute atomic E-state index is 12.6. The van der Waals surface area contributed by atoms with Crippen LogP contribution in [0.3, 0.4) is 0 Å². The highest BCUT2D eigenvalue weighted by atomic mass is 19.4. The lowest BCUT2D eigenvalue weighted by molar-refractivity contribution is -0.141. The van der Waals surface area contributed by atoms with E-state index in [9.17, 15) is 13.2 Å². The number of aryl methyl sites for hydroxylation is 2. The molecule has 0 aromatic carbocycles. The average Bonchev–Trinajstić information content (AvgIpc) is 2.68. The molecular formula is C13H14F3N3O. The van der Waals surface area contributed by atoms with Crippen molar-refractivity contribution in [2.24, 2.45) is 0 Å². The second kappa shape index (κ2) is 5.15. The Morgan fingerprint density at radius 1 is 1.30 bits per heavy atom. The summed E-state index contributed by atoms with van der Waals surface area (Å²) in [5.74, 6) is 1.40. The lowest BCUT2D eigenvalue weighted by atomic mass is 10.1. The highest BCUT2D eigenvalue weighted by Gasteiger charge is 2.32. The summed E-state index contributed by atoms with van der Waals surface area (Å²) in [6, 6.07) is 2.42. The van der Waals surface area contributed by atoms with E-state index < -0.39 is 11.9 Å². The molecule has 2 aromatic rings. The summed E-state index contributed by atoms with van der Waals surface area (Å²) >= 11 is 0. The minimum Gasteiger partial charge on any atom is -0.466 e. The zero-order valence-corrected chi connectivity index (χ0v) is 11.2. The fourth-order valence-corrected chi connectivity index (χ4v) is 1.94. The van der Waals surface area contributed by atoms with Gasteiger partial charge in [-0.3, -0.25) is 0 Å². The van der Waals surface area contributed by atoms with Gasteiger partial charge >= 0.3 is 6.18 Å². The number of aromatic nitrogens is 2. The van der Waals surface area contributed by atoms with Crippen LogP contribution in [0.15, 0.2) is 22.7 Å². The van der Waals surface area contributed by atoms with Crippen LogP contribution >= 0.6 is 0 Å². The monoisotopic (exact) mass is 285 g/mol. The number of furan rings is 1. The zero-order chi connectivity index (χ0) is 14.9. The van der Waals surface area contributed by atoms with Crippen LogP contribution in [0, 0.1) is 13.8 Å². The Morgan fingerprint density at radius 2 is 2.00 bits per heavy atom. The molecule has 108 valence electrons. The van der Waals surface area contributed by atoms with Crippen LogP contribution < -0.4 is 5.32 Å². The van der Waals surface area contributed by atoms with Crippen LogP contribution in [0.2, 0.25) is 0 Å². The predicted molar refractivity (Wildman–Crippen MR) is 67.3 cm³/mol. The van der Waals surface area contributed by atoms with E-state index in [-0.39, 0.29) is 12.0 Å². The Hall–Kier alpha value is -2.05. The van der Waals surface area contributed by atoms with Crippen molar-refractivity contribution in [3.05, 3.63) is 41.1 Å². The number of rotatable bonds is 3. The molecule has 0 radical (unpaired) electrons. The zero-order valence-electron chi connectivity index (χ0n) is 11.2. The van der Waals surface area contributed by atoms with Crippen molar-refractivity contribution in [1.82, 2.24) is 9.97 Å². The smallest absolute Gasteiger partial charge is 0.433 e. The van der Waals surface area contributed by atoms with Crippen LogP contribution in [0.5, 0.6) is 0 Å². The van der Waals surface area contributed by atoms with E-state index in [4.69, 9.17) is 4.42 Å². The molecule has 4 nitrogen and oxygen atoms in total. The molecule has 0 aliphatic rings. The lowest BCUT2D eigenvalue weighted by Crippen LogP contribution is -2.13. The molecule has 7 heteroatoms. The number of anilines is 1. The van der Waals surface area contributed by atoms with Gasteiger partial charge in [0.15, 0.2) is 0 Å². The van der Waals surface area contributed by atoms with Gasteiger partial charge in [-0.05, 0) is 32.9 Å². The van der Waals surface area contributed by atoms with Crippen molar-refractivity contribution in [3.8, 4) is 0 Å². The summed E-state index contributed by atoms with van der Waals surface area (Å²) in [6.45, 7) is 5.42. The molecular weight excluding hydrogens is 271 g/mol. The van der Waals surface area contributed by atoms with Gasteiger partial charge in [-0.1, -0.05) is 0 Å². The van der Waals surface area contributed by atoms with Gasteiger partial charge in [0.2, 0.25) is 5.95 Å². The minimum absolute atomic E-state index is 0.0643. The van der Waals surface area contributed by atoms with E-state index in [1.54, 1.807) is 13.8 Å². The molecule has 2 heterocycles. The SMILES string of the molecule is Cc1cc(C(C)Nc2nccc(C(F)(F)F)n2)c(C)o1. The van der Waals surface area contributed by atoms with E-state index >= 15 is 0 Å². The molecule has 0 saturated heterocycles. The molecule has 0 bridgehead atoms. The summed E-state index contributed by atoms with van der Waals surface area (Å²) in [4.78, 5) is 7.27. The lowest BCUT2D eigenvalue weighted by Gasteiger charge is -2.14. The summed E-state index contributed by atoms with van der Waals surface area (Å²) in [5, 5.41) is 2.84. The van der Waals surface area contributed by atoms with E-state index in [1.165, 1.54) is 0 Å². The molecule has 1 unspecified atom stereocenters. The van der Waals surface area contributed by atoms with Gasteiger partial charge in [-0.25, -0.2) is 9.97 Å². The first-order valence-electron chi connectivity index (χ1n) is 6.01. The van der Waals surface area contributed by atoms with Crippen molar-refractivity contribution >= 4 is 5.95 Å². The molecule has 0 fully saturated rings. The molecule has 2 aromatic heterocycles. The highest BCUT2D eigenvalue weighted by molar-refractivity contribution is 5.34. The van der Waals surface area contributed by atoms with Crippen molar-refractivity contribution in [1.29, 1.82) is 0 Å². The fourth-order valence-electron chi connectivity index (χ4n) is 1.94. The number of hydrogen-bond donors (Lipinski definition) is 1. The molecule has 0 saturated carbocycles. The first-order chi connectivity index (χ1) is 9.27. The van der Waals surface area contributed by atoms with Crippen molar-refractivity contribution in [3.63, 3.8) is 0 Å². The summed E-state index contributed by atoms with van der Waals surface area (Å²) in [6.07, 6.45) is -3.40. The van der Waals surface area contributed by atoms with E-state index in [0.29, 0.717) is 0 Å². The molecule has 20 heavy (non-hydrogen) atoms. The number of nitrogens with one attached hydrogen (secondary N) is 1. The quantitative estimate of drug-likeness (QED) is 0.929. The third-order valence-electron chi connectivity index (χ3n) is 2.84. The summed E-state index contributed by atoms with van der Waals surface area (Å²) in [7, 11) is 0. The van der Waals surface area contributed by atoms with Gasteiger partial charge in [0.25, 0.3) is 0 Å². The highest BCUT2D eigenvalue weighted by Crippen LogP contribution is 2.28. The standard InChI is InChI=1S/C13H14F3N3O/c1-7-6-10(9(3)20-7)8(2)18-12-17-5-4-11(19-12)13(14,15)16/h4-6,8H,1-3H3,(H,17,18,19). The van der Waals surface area contributed by atoms with Crippen LogP contribution in [0.1, 0.15) is 35.7 Å². The fraction of sp³-hybridized carbons (Fsp3) is 0.385. The first-order valence-corrected chi connectivity index (χ1v) is 6.01. The Labute approximate surface area is 114 Å². The van der Waals surface area contributed by atoms with Gasteiger partial charge in [-0.15, -0.1) is 0 Å². The number of halogens is 3. The molecule has 1 atom stereocenters.